The zero-order valence-corrected chi connectivity index (χ0v) is 5.45. The van der Waals surface area contributed by atoms with Crippen LogP contribution in [0.2, 0.25) is 0 Å². The van der Waals surface area contributed by atoms with Gasteiger partial charge in [-0.1, -0.05) is 0 Å². The number of hydrogen-bond acceptors (Lipinski definition) is 2. The van der Waals surface area contributed by atoms with E-state index in [0.29, 0.717) is 5.92 Å². The average Bonchev–Trinajstić information content (AvgIpc) is 2.56. The first-order valence-corrected chi connectivity index (χ1v) is 3.35. The normalized spacial score (nSPS) is 29.5. The third-order valence-corrected chi connectivity index (χ3v) is 1.86. The van der Waals surface area contributed by atoms with E-state index in [1.165, 1.54) is 0 Å². The lowest BCUT2D eigenvalue weighted by atomic mass is 10.3. The first-order valence-electron chi connectivity index (χ1n) is 3.35. The standard InChI is InChI=1S/C8H7NO/c9-5-6-4-7(6)8-2-1-3-10-8/h1-3,6-7H,4H2. The molecule has 1 aromatic heterocycles. The molecule has 1 fully saturated rings. The van der Waals surface area contributed by atoms with Crippen LogP contribution in [0.15, 0.2) is 22.8 Å². The summed E-state index contributed by atoms with van der Waals surface area (Å²) in [4.78, 5) is 0. The van der Waals surface area contributed by atoms with E-state index in [4.69, 9.17) is 9.68 Å². The summed E-state index contributed by atoms with van der Waals surface area (Å²) in [6.07, 6.45) is 2.63. The largest absolute Gasteiger partial charge is 0.469 e. The van der Waals surface area contributed by atoms with Crippen molar-refractivity contribution in [2.45, 2.75) is 12.3 Å². The Balaban J connectivity index is 2.13. The second-order valence-corrected chi connectivity index (χ2v) is 2.59. The highest BCUT2D eigenvalue weighted by Crippen LogP contribution is 2.46. The van der Waals surface area contributed by atoms with Gasteiger partial charge >= 0.3 is 0 Å². The second-order valence-electron chi connectivity index (χ2n) is 2.59. The number of nitriles is 1. The Morgan fingerprint density at radius 3 is 3.10 bits per heavy atom. The third kappa shape index (κ3) is 0.714. The number of hydrogen-bond donors (Lipinski definition) is 0. The highest BCUT2D eigenvalue weighted by molar-refractivity contribution is 5.20. The molecule has 2 heteroatoms. The predicted octanol–water partition coefficient (Wildman–Crippen LogP) is 1.91. The van der Waals surface area contributed by atoms with E-state index in [9.17, 15) is 0 Å². The summed E-state index contributed by atoms with van der Waals surface area (Å²) < 4.78 is 5.14. The summed E-state index contributed by atoms with van der Waals surface area (Å²) in [7, 11) is 0. The number of rotatable bonds is 1. The van der Waals surface area contributed by atoms with Gasteiger partial charge in [-0.3, -0.25) is 0 Å². The van der Waals surface area contributed by atoms with Crippen molar-refractivity contribution < 1.29 is 4.42 Å². The molecule has 0 aliphatic heterocycles. The van der Waals surface area contributed by atoms with Gasteiger partial charge < -0.3 is 4.42 Å². The minimum atomic E-state index is 0.214. The number of nitrogens with zero attached hydrogens (tertiary/aromatic N) is 1. The Morgan fingerprint density at radius 1 is 1.70 bits per heavy atom. The Hall–Kier alpha value is -1.23. The lowest BCUT2D eigenvalue weighted by Crippen LogP contribution is -1.74. The molecule has 0 amide bonds. The molecule has 2 nitrogen and oxygen atoms in total. The van der Waals surface area contributed by atoms with Crippen LogP contribution in [0.25, 0.3) is 0 Å². The van der Waals surface area contributed by atoms with Crippen molar-refractivity contribution >= 4 is 0 Å². The highest BCUT2D eigenvalue weighted by atomic mass is 16.3. The van der Waals surface area contributed by atoms with Gasteiger partial charge in [0.05, 0.1) is 18.3 Å². The van der Waals surface area contributed by atoms with E-state index in [0.717, 1.165) is 12.2 Å². The Labute approximate surface area is 59.1 Å². The van der Waals surface area contributed by atoms with Gasteiger partial charge in [0.25, 0.3) is 0 Å². The molecule has 50 valence electrons. The molecule has 1 heterocycles. The van der Waals surface area contributed by atoms with Crippen molar-refractivity contribution in [2.24, 2.45) is 5.92 Å². The van der Waals surface area contributed by atoms with Gasteiger partial charge in [0.2, 0.25) is 0 Å². The van der Waals surface area contributed by atoms with Crippen LogP contribution in [0.4, 0.5) is 0 Å². The molecular weight excluding hydrogens is 126 g/mol. The predicted molar refractivity (Wildman–Crippen MR) is 35.2 cm³/mol. The maximum atomic E-state index is 8.48. The highest BCUT2D eigenvalue weighted by Gasteiger charge is 2.40. The van der Waals surface area contributed by atoms with Crippen molar-refractivity contribution in [1.29, 1.82) is 5.26 Å². The van der Waals surface area contributed by atoms with Crippen LogP contribution >= 0.6 is 0 Å². The molecule has 2 rings (SSSR count). The molecule has 1 aliphatic carbocycles. The summed E-state index contributed by atoms with van der Waals surface area (Å²) in [6.45, 7) is 0. The van der Waals surface area contributed by atoms with Gasteiger partial charge in [0, 0.05) is 5.92 Å². The van der Waals surface area contributed by atoms with E-state index >= 15 is 0 Å². The topological polar surface area (TPSA) is 36.9 Å². The minimum absolute atomic E-state index is 0.214. The molecule has 0 saturated heterocycles. The summed E-state index contributed by atoms with van der Waals surface area (Å²) >= 11 is 0. The van der Waals surface area contributed by atoms with Crippen LogP contribution in [-0.2, 0) is 0 Å². The molecule has 0 spiro atoms. The van der Waals surface area contributed by atoms with Crippen molar-refractivity contribution in [3.8, 4) is 6.07 Å². The van der Waals surface area contributed by atoms with Crippen molar-refractivity contribution in [1.82, 2.24) is 0 Å². The first kappa shape index (κ1) is 5.55. The molecule has 1 saturated carbocycles. The first-order chi connectivity index (χ1) is 4.92. The molecule has 0 radical (unpaired) electrons. The second kappa shape index (κ2) is 1.88. The molecular formula is C8H7NO. The van der Waals surface area contributed by atoms with E-state index in [1.807, 2.05) is 12.1 Å². The zero-order chi connectivity index (χ0) is 6.97. The van der Waals surface area contributed by atoms with Crippen molar-refractivity contribution in [3.05, 3.63) is 24.2 Å². The third-order valence-electron chi connectivity index (χ3n) is 1.86. The van der Waals surface area contributed by atoms with Crippen LogP contribution in [0.1, 0.15) is 18.1 Å². The van der Waals surface area contributed by atoms with Crippen molar-refractivity contribution in [2.75, 3.05) is 0 Å². The molecule has 0 bridgehead atoms. The van der Waals surface area contributed by atoms with Crippen LogP contribution in [-0.4, -0.2) is 0 Å². The summed E-state index contributed by atoms with van der Waals surface area (Å²) in [5.41, 5.74) is 0. The molecule has 0 aromatic carbocycles. The molecule has 0 N–H and O–H groups in total. The fourth-order valence-electron chi connectivity index (χ4n) is 1.15. The average molecular weight is 133 g/mol. The summed E-state index contributed by atoms with van der Waals surface area (Å²) in [6, 6.07) is 6.01. The van der Waals surface area contributed by atoms with Crippen LogP contribution < -0.4 is 0 Å². The lowest BCUT2D eigenvalue weighted by molar-refractivity contribution is 0.508. The molecule has 1 aliphatic rings. The van der Waals surface area contributed by atoms with Gasteiger partial charge in [-0.2, -0.15) is 5.26 Å². The van der Waals surface area contributed by atoms with E-state index in [2.05, 4.69) is 6.07 Å². The van der Waals surface area contributed by atoms with E-state index < -0.39 is 0 Å². The summed E-state index contributed by atoms with van der Waals surface area (Å²) in [5, 5.41) is 8.48. The Kier molecular flexibility index (Phi) is 1.04. The number of furan rings is 1. The maximum Gasteiger partial charge on any atom is 0.108 e. The fourth-order valence-corrected chi connectivity index (χ4v) is 1.15. The van der Waals surface area contributed by atoms with Crippen LogP contribution in [0.5, 0.6) is 0 Å². The Morgan fingerprint density at radius 2 is 2.60 bits per heavy atom. The summed E-state index contributed by atoms with van der Waals surface area (Å²) in [5.74, 6) is 1.57. The van der Waals surface area contributed by atoms with Crippen LogP contribution in [0.3, 0.4) is 0 Å². The molecule has 10 heavy (non-hydrogen) atoms. The Bertz CT molecular complexity index is 257. The SMILES string of the molecule is N#CC1CC1c1ccco1. The maximum absolute atomic E-state index is 8.48. The quantitative estimate of drug-likeness (QED) is 0.586. The molecule has 2 atom stereocenters. The van der Waals surface area contributed by atoms with Gasteiger partial charge in [-0.05, 0) is 18.6 Å². The van der Waals surface area contributed by atoms with Gasteiger partial charge in [0.15, 0.2) is 0 Å². The lowest BCUT2D eigenvalue weighted by Gasteiger charge is -1.85. The fraction of sp³-hybridized carbons (Fsp3) is 0.375. The van der Waals surface area contributed by atoms with E-state index in [1.54, 1.807) is 6.26 Å². The smallest absolute Gasteiger partial charge is 0.108 e. The van der Waals surface area contributed by atoms with Gasteiger partial charge in [-0.15, -0.1) is 0 Å². The van der Waals surface area contributed by atoms with Gasteiger partial charge in [0.1, 0.15) is 5.76 Å². The zero-order valence-electron chi connectivity index (χ0n) is 5.45. The monoisotopic (exact) mass is 133 g/mol. The van der Waals surface area contributed by atoms with E-state index in [-0.39, 0.29) is 5.92 Å². The minimum Gasteiger partial charge on any atom is -0.469 e. The molecule has 2 unspecified atom stereocenters. The molecule has 1 aromatic rings. The van der Waals surface area contributed by atoms with Crippen LogP contribution in [0, 0.1) is 17.2 Å². The van der Waals surface area contributed by atoms with Crippen molar-refractivity contribution in [3.63, 3.8) is 0 Å². The van der Waals surface area contributed by atoms with Gasteiger partial charge in [-0.25, -0.2) is 0 Å².